The number of hydrogen-bond donors (Lipinski definition) is 5. The standard InChI is InChI=1S/C26H23Cl2N9O5/c27-17-6-16-22(32-12-37(24(16)40)9-13-1-2-14-7-33-35-18(14)5-13)21(28)20(17)23(39)34-19(25(41)42)8-30-26(31-11-29)36-4-3-15(38)10-36/h1-2,5-7,12,15,19,38H,3-4,8-10H2,(H,30,31)(H,33,35)(H,34,39)(H,41,42)/t15-,19-/m0/s1. The molecule has 1 saturated heterocycles. The number of H-pyrrole nitrogens is 1. The van der Waals surface area contributed by atoms with Crippen LogP contribution in [0.5, 0.6) is 0 Å². The first-order valence-corrected chi connectivity index (χ1v) is 13.4. The van der Waals surface area contributed by atoms with E-state index in [0.29, 0.717) is 13.0 Å². The number of benzene rings is 2. The molecule has 1 aliphatic rings. The van der Waals surface area contributed by atoms with E-state index >= 15 is 0 Å². The third kappa shape index (κ3) is 5.84. The first-order chi connectivity index (χ1) is 20.2. The highest BCUT2D eigenvalue weighted by atomic mass is 35.5. The number of β-amino-alcohol motifs (C(OH)–C–C–N with tert-alkyl or cyclic N) is 1. The maximum Gasteiger partial charge on any atom is 0.328 e. The van der Waals surface area contributed by atoms with Gasteiger partial charge in [-0.05, 0) is 24.1 Å². The summed E-state index contributed by atoms with van der Waals surface area (Å²) in [6, 6.07) is 5.39. The van der Waals surface area contributed by atoms with Crippen molar-refractivity contribution in [2.45, 2.75) is 25.1 Å². The van der Waals surface area contributed by atoms with Crippen LogP contribution in [-0.4, -0.2) is 84.5 Å². The molecule has 3 heterocycles. The number of aromatic amines is 1. The van der Waals surface area contributed by atoms with Crippen molar-refractivity contribution in [2.24, 2.45) is 4.99 Å². The Balaban J connectivity index is 1.36. The third-order valence-electron chi connectivity index (χ3n) is 6.78. The number of fused-ring (bicyclic) bond motifs is 2. The molecule has 5 N–H and O–H groups in total. The molecule has 1 amide bonds. The summed E-state index contributed by atoms with van der Waals surface area (Å²) in [5, 5.41) is 41.1. The fraction of sp³-hybridized carbons (Fsp3) is 0.269. The van der Waals surface area contributed by atoms with Crippen LogP contribution in [0.4, 0.5) is 0 Å². The minimum Gasteiger partial charge on any atom is -0.480 e. The summed E-state index contributed by atoms with van der Waals surface area (Å²) in [6.45, 7) is 0.489. The van der Waals surface area contributed by atoms with E-state index in [4.69, 9.17) is 28.5 Å². The molecule has 42 heavy (non-hydrogen) atoms. The van der Waals surface area contributed by atoms with Crippen LogP contribution in [0.1, 0.15) is 22.3 Å². The number of aliphatic imine (C=N–C) groups is 1. The number of nitrogens with one attached hydrogen (secondary N) is 3. The molecule has 1 fully saturated rings. The van der Waals surface area contributed by atoms with Gasteiger partial charge in [-0.2, -0.15) is 10.4 Å². The number of carbonyl (C=O) groups excluding carboxylic acids is 1. The van der Waals surface area contributed by atoms with Gasteiger partial charge in [0.1, 0.15) is 6.04 Å². The maximum atomic E-state index is 13.3. The maximum absolute atomic E-state index is 13.3. The minimum atomic E-state index is -1.48. The van der Waals surface area contributed by atoms with Gasteiger partial charge in [-0.25, -0.2) is 9.78 Å². The summed E-state index contributed by atoms with van der Waals surface area (Å²) in [5.41, 5.74) is 0.969. The summed E-state index contributed by atoms with van der Waals surface area (Å²) in [7, 11) is 0. The predicted octanol–water partition coefficient (Wildman–Crippen LogP) is 1.30. The molecule has 0 radical (unpaired) electrons. The smallest absolute Gasteiger partial charge is 0.328 e. The second-order valence-corrected chi connectivity index (χ2v) is 10.4. The van der Waals surface area contributed by atoms with Gasteiger partial charge in [-0.15, -0.1) is 4.99 Å². The van der Waals surface area contributed by atoms with Crippen LogP contribution in [0.15, 0.2) is 46.6 Å². The fourth-order valence-electron chi connectivity index (χ4n) is 4.66. The third-order valence-corrected chi connectivity index (χ3v) is 7.45. The Morgan fingerprint density at radius 2 is 2.12 bits per heavy atom. The number of likely N-dealkylation sites (tertiary alicyclic amines) is 1. The van der Waals surface area contributed by atoms with Gasteiger partial charge < -0.3 is 25.7 Å². The summed E-state index contributed by atoms with van der Waals surface area (Å²) in [6.07, 6.45) is 4.49. The van der Waals surface area contributed by atoms with Gasteiger partial charge in [0.05, 0.1) is 57.2 Å². The summed E-state index contributed by atoms with van der Waals surface area (Å²) < 4.78 is 1.37. The van der Waals surface area contributed by atoms with Gasteiger partial charge in [0.2, 0.25) is 12.2 Å². The summed E-state index contributed by atoms with van der Waals surface area (Å²) in [4.78, 5) is 47.9. The normalized spacial score (nSPS) is 16.0. The first kappa shape index (κ1) is 28.8. The summed E-state index contributed by atoms with van der Waals surface area (Å²) >= 11 is 12.9. The molecule has 2 aromatic heterocycles. The molecule has 0 aliphatic carbocycles. The number of halogens is 2. The van der Waals surface area contributed by atoms with Crippen LogP contribution in [0.2, 0.25) is 10.0 Å². The van der Waals surface area contributed by atoms with Crippen LogP contribution in [0.25, 0.3) is 21.8 Å². The number of aliphatic carboxylic acids is 1. The molecule has 0 spiro atoms. The number of nitrogens with zero attached hydrogens (tertiary/aromatic N) is 6. The second-order valence-electron chi connectivity index (χ2n) is 9.58. The highest BCUT2D eigenvalue weighted by Gasteiger charge is 2.28. The Labute approximate surface area is 247 Å². The van der Waals surface area contributed by atoms with Crippen molar-refractivity contribution in [1.82, 2.24) is 35.3 Å². The molecule has 2 aromatic carbocycles. The predicted molar refractivity (Wildman–Crippen MR) is 153 cm³/mol. The quantitative estimate of drug-likeness (QED) is 0.115. The Bertz CT molecular complexity index is 1830. The molecule has 0 saturated carbocycles. The van der Waals surface area contributed by atoms with Gasteiger partial charge in [0.15, 0.2) is 0 Å². The Morgan fingerprint density at radius 1 is 1.31 bits per heavy atom. The van der Waals surface area contributed by atoms with Crippen molar-refractivity contribution >= 4 is 62.8 Å². The van der Waals surface area contributed by atoms with Gasteiger partial charge >= 0.3 is 5.97 Å². The lowest BCUT2D eigenvalue weighted by molar-refractivity contribution is -0.139. The van der Waals surface area contributed by atoms with Crippen molar-refractivity contribution in [3.05, 3.63) is 68.3 Å². The average Bonchev–Trinajstić information content (AvgIpc) is 3.60. The SMILES string of the molecule is N#C/N=C(\NC[C@H](NC(=O)c1c(Cl)cc2c(=O)n(Cc3ccc4cn[nH]c4c3)cnc2c1Cl)C(=O)O)N1CC[C@H](O)C1. The topological polar surface area (TPSA) is 202 Å². The number of aliphatic hydroxyl groups is 1. The van der Waals surface area contributed by atoms with E-state index in [0.717, 1.165) is 16.5 Å². The van der Waals surface area contributed by atoms with Crippen LogP contribution < -0.4 is 16.2 Å². The molecule has 14 nitrogen and oxygen atoms in total. The van der Waals surface area contributed by atoms with E-state index in [9.17, 15) is 24.6 Å². The lowest BCUT2D eigenvalue weighted by Crippen LogP contribution is -2.51. The highest BCUT2D eigenvalue weighted by molar-refractivity contribution is 6.43. The van der Waals surface area contributed by atoms with E-state index < -0.39 is 29.6 Å². The molecule has 0 unspecified atom stereocenters. The zero-order chi connectivity index (χ0) is 30.0. The average molecular weight is 612 g/mol. The van der Waals surface area contributed by atoms with Gasteiger partial charge in [0, 0.05) is 25.0 Å². The van der Waals surface area contributed by atoms with E-state index in [1.54, 1.807) is 17.3 Å². The molecule has 4 aromatic rings. The number of carbonyl (C=O) groups is 2. The molecular weight excluding hydrogens is 589 g/mol. The molecule has 2 atom stereocenters. The second kappa shape index (κ2) is 12.0. The van der Waals surface area contributed by atoms with Crippen LogP contribution in [-0.2, 0) is 11.3 Å². The molecule has 1 aliphatic heterocycles. The van der Waals surface area contributed by atoms with Crippen molar-refractivity contribution in [2.75, 3.05) is 19.6 Å². The molecule has 216 valence electrons. The number of carboxylic acids is 1. The van der Waals surface area contributed by atoms with E-state index in [1.807, 2.05) is 18.2 Å². The largest absolute Gasteiger partial charge is 0.480 e. The van der Waals surface area contributed by atoms with Gasteiger partial charge in [-0.1, -0.05) is 35.3 Å². The molecule has 5 rings (SSSR count). The Hall–Kier alpha value is -4.71. The monoisotopic (exact) mass is 611 g/mol. The van der Waals surface area contributed by atoms with E-state index in [1.165, 1.54) is 17.0 Å². The first-order valence-electron chi connectivity index (χ1n) is 12.6. The number of carboxylic acid groups (broad SMARTS) is 1. The number of guanidine groups is 1. The van der Waals surface area contributed by atoms with Gasteiger partial charge in [-0.3, -0.25) is 19.3 Å². The minimum absolute atomic E-state index is 0.0255. The van der Waals surface area contributed by atoms with Crippen molar-refractivity contribution in [3.63, 3.8) is 0 Å². The Kier molecular flexibility index (Phi) is 8.25. The highest BCUT2D eigenvalue weighted by Crippen LogP contribution is 2.31. The number of aromatic nitrogens is 4. The van der Waals surface area contributed by atoms with E-state index in [2.05, 4.69) is 30.8 Å². The fourth-order valence-corrected chi connectivity index (χ4v) is 5.34. The lowest BCUT2D eigenvalue weighted by atomic mass is 10.1. The van der Waals surface area contributed by atoms with Crippen LogP contribution >= 0.6 is 23.2 Å². The molecule has 16 heteroatoms. The van der Waals surface area contributed by atoms with Gasteiger partial charge in [0.25, 0.3) is 11.5 Å². The number of amides is 1. The van der Waals surface area contributed by atoms with Crippen LogP contribution in [0.3, 0.4) is 0 Å². The Morgan fingerprint density at radius 3 is 2.83 bits per heavy atom. The van der Waals surface area contributed by atoms with Crippen LogP contribution in [0, 0.1) is 11.5 Å². The number of aliphatic hydroxyl groups excluding tert-OH is 1. The number of nitriles is 1. The van der Waals surface area contributed by atoms with Crippen molar-refractivity contribution in [1.29, 1.82) is 5.26 Å². The number of hydrogen-bond acceptors (Lipinski definition) is 8. The van der Waals surface area contributed by atoms with Crippen molar-refractivity contribution < 1.29 is 19.8 Å². The zero-order valence-electron chi connectivity index (χ0n) is 21.7. The summed E-state index contributed by atoms with van der Waals surface area (Å²) in [5.74, 6) is -2.22. The molecule has 0 bridgehead atoms. The lowest BCUT2D eigenvalue weighted by Gasteiger charge is -2.22. The number of rotatable bonds is 7. The van der Waals surface area contributed by atoms with E-state index in [-0.39, 0.29) is 52.1 Å². The zero-order valence-corrected chi connectivity index (χ0v) is 23.2. The van der Waals surface area contributed by atoms with Crippen molar-refractivity contribution in [3.8, 4) is 6.19 Å². The molecular formula is C26H23Cl2N9O5.